The maximum Gasteiger partial charge on any atom is 0.159 e. The molecule has 2 aliphatic rings. The van der Waals surface area contributed by atoms with Crippen LogP contribution < -0.4 is 0 Å². The Labute approximate surface area is 143 Å². The molecule has 5 nitrogen and oxygen atoms in total. The Morgan fingerprint density at radius 3 is 2.50 bits per heavy atom. The van der Waals surface area contributed by atoms with Crippen LogP contribution in [0, 0.1) is 0 Å². The highest BCUT2D eigenvalue weighted by Crippen LogP contribution is 2.18. The molecule has 126 valence electrons. The van der Waals surface area contributed by atoms with E-state index in [4.69, 9.17) is 0 Å². The lowest BCUT2D eigenvalue weighted by atomic mass is 10.1. The summed E-state index contributed by atoms with van der Waals surface area (Å²) >= 11 is 0. The zero-order chi connectivity index (χ0) is 16.4. The molecule has 5 heteroatoms. The van der Waals surface area contributed by atoms with Crippen LogP contribution in [0.4, 0.5) is 0 Å². The van der Waals surface area contributed by atoms with Gasteiger partial charge in [-0.2, -0.15) is 0 Å². The summed E-state index contributed by atoms with van der Waals surface area (Å²) in [5.74, 6) is 0.804. The Morgan fingerprint density at radius 1 is 0.958 bits per heavy atom. The molecule has 0 aliphatic carbocycles. The maximum absolute atomic E-state index is 4.55. The summed E-state index contributed by atoms with van der Waals surface area (Å²) in [6.45, 7) is 8.01. The minimum Gasteiger partial charge on any atom is -0.303 e. The molecule has 2 aromatic rings. The van der Waals surface area contributed by atoms with Crippen molar-refractivity contribution in [2.24, 2.45) is 0 Å². The number of likely N-dealkylation sites (N-methyl/N-ethyl adjacent to an activating group) is 1. The zero-order valence-electron chi connectivity index (χ0n) is 14.3. The Bertz CT molecular complexity index is 657. The molecule has 4 rings (SSSR count). The summed E-state index contributed by atoms with van der Waals surface area (Å²) in [6.07, 6.45) is 3.96. The third kappa shape index (κ3) is 3.48. The van der Waals surface area contributed by atoms with E-state index in [2.05, 4.69) is 31.7 Å². The molecule has 0 N–H and O–H groups in total. The predicted octanol–water partition coefficient (Wildman–Crippen LogP) is 1.58. The summed E-state index contributed by atoms with van der Waals surface area (Å²) in [5.41, 5.74) is 2.27. The van der Waals surface area contributed by atoms with Crippen LogP contribution >= 0.6 is 0 Å². The molecule has 2 fully saturated rings. The van der Waals surface area contributed by atoms with E-state index in [9.17, 15) is 0 Å². The quantitative estimate of drug-likeness (QED) is 0.857. The first-order chi connectivity index (χ1) is 11.8. The van der Waals surface area contributed by atoms with Gasteiger partial charge in [-0.3, -0.25) is 9.80 Å². The van der Waals surface area contributed by atoms with Crippen LogP contribution in [0.2, 0.25) is 0 Å². The van der Waals surface area contributed by atoms with Crippen LogP contribution in [0.15, 0.2) is 42.7 Å². The number of hydrogen-bond acceptors (Lipinski definition) is 5. The third-order valence-electron chi connectivity index (χ3n) is 5.12. The van der Waals surface area contributed by atoms with Gasteiger partial charge < -0.3 is 4.90 Å². The van der Waals surface area contributed by atoms with Gasteiger partial charge in [-0.05, 0) is 7.05 Å². The number of aromatic nitrogens is 2. The zero-order valence-corrected chi connectivity index (χ0v) is 14.3. The second kappa shape index (κ2) is 6.97. The van der Waals surface area contributed by atoms with E-state index in [1.165, 1.54) is 31.7 Å². The van der Waals surface area contributed by atoms with Gasteiger partial charge in [0.2, 0.25) is 0 Å². The SMILES string of the molecule is CN1CCN2CCN(Cc3cnc(-c4ccccc4)nc3)C[C@@H]2C1. The number of piperazine rings is 2. The number of hydrogen-bond donors (Lipinski definition) is 0. The van der Waals surface area contributed by atoms with E-state index < -0.39 is 0 Å². The summed E-state index contributed by atoms with van der Waals surface area (Å²) in [7, 11) is 2.23. The van der Waals surface area contributed by atoms with Gasteiger partial charge in [-0.15, -0.1) is 0 Å². The molecule has 24 heavy (non-hydrogen) atoms. The lowest BCUT2D eigenvalue weighted by Gasteiger charge is -2.46. The Kier molecular flexibility index (Phi) is 4.56. The van der Waals surface area contributed by atoms with Gasteiger partial charge in [0.15, 0.2) is 5.82 Å². The number of fused-ring (bicyclic) bond motifs is 1. The smallest absolute Gasteiger partial charge is 0.159 e. The van der Waals surface area contributed by atoms with E-state index >= 15 is 0 Å². The fourth-order valence-electron chi connectivity index (χ4n) is 3.75. The fourth-order valence-corrected chi connectivity index (χ4v) is 3.75. The molecular weight excluding hydrogens is 298 g/mol. The maximum atomic E-state index is 4.55. The highest BCUT2D eigenvalue weighted by atomic mass is 15.3. The highest BCUT2D eigenvalue weighted by molar-refractivity contribution is 5.53. The normalized spacial score (nSPS) is 23.1. The van der Waals surface area contributed by atoms with Gasteiger partial charge in [0.1, 0.15) is 0 Å². The molecule has 2 saturated heterocycles. The summed E-state index contributed by atoms with van der Waals surface area (Å²) in [5, 5.41) is 0. The minimum absolute atomic E-state index is 0.669. The molecule has 0 amide bonds. The van der Waals surface area contributed by atoms with Crippen molar-refractivity contribution in [1.82, 2.24) is 24.7 Å². The minimum atomic E-state index is 0.669. The second-order valence-corrected chi connectivity index (χ2v) is 6.97. The lowest BCUT2D eigenvalue weighted by molar-refractivity contribution is 0.0174. The molecule has 1 atom stereocenters. The van der Waals surface area contributed by atoms with E-state index in [1.54, 1.807) is 0 Å². The fraction of sp³-hybridized carbons (Fsp3) is 0.474. The third-order valence-corrected chi connectivity index (χ3v) is 5.12. The summed E-state index contributed by atoms with van der Waals surface area (Å²) < 4.78 is 0. The molecule has 0 bridgehead atoms. The van der Waals surface area contributed by atoms with E-state index in [0.717, 1.165) is 31.0 Å². The van der Waals surface area contributed by atoms with Crippen molar-refractivity contribution in [3.05, 3.63) is 48.3 Å². The van der Waals surface area contributed by atoms with Gasteiger partial charge in [0.25, 0.3) is 0 Å². The number of rotatable bonds is 3. The lowest BCUT2D eigenvalue weighted by Crippen LogP contribution is -2.61. The van der Waals surface area contributed by atoms with E-state index in [-0.39, 0.29) is 0 Å². The standard InChI is InChI=1S/C19H25N5/c1-22-7-9-24-10-8-23(15-18(24)14-22)13-16-11-20-19(21-12-16)17-5-3-2-4-6-17/h2-6,11-12,18H,7-10,13-15H2,1H3/t18-/m0/s1. The van der Waals surface area contributed by atoms with Crippen molar-refractivity contribution in [2.75, 3.05) is 46.3 Å². The average molecular weight is 323 g/mol. The molecule has 0 radical (unpaired) electrons. The summed E-state index contributed by atoms with van der Waals surface area (Å²) in [6, 6.07) is 10.8. The van der Waals surface area contributed by atoms with Crippen LogP contribution in [0.1, 0.15) is 5.56 Å². The van der Waals surface area contributed by atoms with Crippen molar-refractivity contribution in [3.63, 3.8) is 0 Å². The highest BCUT2D eigenvalue weighted by Gasteiger charge is 2.30. The van der Waals surface area contributed by atoms with Crippen LogP contribution in [0.5, 0.6) is 0 Å². The van der Waals surface area contributed by atoms with Crippen molar-refractivity contribution < 1.29 is 0 Å². The average Bonchev–Trinajstić information content (AvgIpc) is 2.63. The van der Waals surface area contributed by atoms with Crippen molar-refractivity contribution in [3.8, 4) is 11.4 Å². The molecule has 1 aromatic carbocycles. The Morgan fingerprint density at radius 2 is 1.71 bits per heavy atom. The Balaban J connectivity index is 1.39. The van der Waals surface area contributed by atoms with Crippen LogP contribution in [-0.4, -0.2) is 77.0 Å². The number of nitrogens with zero attached hydrogens (tertiary/aromatic N) is 5. The molecule has 3 heterocycles. The largest absolute Gasteiger partial charge is 0.303 e. The van der Waals surface area contributed by atoms with Gasteiger partial charge in [0.05, 0.1) is 0 Å². The van der Waals surface area contributed by atoms with Crippen molar-refractivity contribution in [1.29, 1.82) is 0 Å². The van der Waals surface area contributed by atoms with Crippen molar-refractivity contribution >= 4 is 0 Å². The van der Waals surface area contributed by atoms with E-state index in [0.29, 0.717) is 6.04 Å². The van der Waals surface area contributed by atoms with Crippen LogP contribution in [-0.2, 0) is 6.54 Å². The molecule has 1 aromatic heterocycles. The van der Waals surface area contributed by atoms with E-state index in [1.807, 2.05) is 42.7 Å². The summed E-state index contributed by atoms with van der Waals surface area (Å²) in [4.78, 5) is 16.7. The second-order valence-electron chi connectivity index (χ2n) is 6.97. The first-order valence-electron chi connectivity index (χ1n) is 8.79. The first-order valence-corrected chi connectivity index (χ1v) is 8.79. The van der Waals surface area contributed by atoms with Gasteiger partial charge >= 0.3 is 0 Å². The molecule has 0 spiro atoms. The number of benzene rings is 1. The van der Waals surface area contributed by atoms with Gasteiger partial charge in [-0.1, -0.05) is 30.3 Å². The van der Waals surface area contributed by atoms with Gasteiger partial charge in [0, 0.05) is 75.4 Å². The van der Waals surface area contributed by atoms with Crippen LogP contribution in [0.25, 0.3) is 11.4 Å². The Hall–Kier alpha value is -1.82. The van der Waals surface area contributed by atoms with Gasteiger partial charge in [-0.25, -0.2) is 9.97 Å². The topological polar surface area (TPSA) is 35.5 Å². The van der Waals surface area contributed by atoms with Crippen LogP contribution in [0.3, 0.4) is 0 Å². The monoisotopic (exact) mass is 323 g/mol. The molecular formula is C19H25N5. The predicted molar refractivity (Wildman–Crippen MR) is 95.6 cm³/mol. The molecule has 0 unspecified atom stereocenters. The first kappa shape index (κ1) is 15.7. The molecule has 2 aliphatic heterocycles. The van der Waals surface area contributed by atoms with Crippen molar-refractivity contribution in [2.45, 2.75) is 12.6 Å². The molecule has 0 saturated carbocycles.